The summed E-state index contributed by atoms with van der Waals surface area (Å²) >= 11 is 0. The lowest BCUT2D eigenvalue weighted by molar-refractivity contribution is -0.207. The second kappa shape index (κ2) is 2.80. The molecule has 3 heterocycles. The van der Waals surface area contributed by atoms with E-state index >= 15 is 0 Å². The van der Waals surface area contributed by atoms with Crippen LogP contribution in [0.5, 0.6) is 0 Å². The monoisotopic (exact) mass is 264 g/mol. The standard InChI is InChI=1S/C15H20O4/c1-7-4-9-13(2,12-11(7)19-12)14(3)8(16)5-10(18-9)15(14)6-17-15/h4,8-12,16H,5-6H2,1-3H3/t8-,9-,10-,11-,12-,13-,14-,15+/m1/s1. The summed E-state index contributed by atoms with van der Waals surface area (Å²) in [6.07, 6.45) is 3.00. The fourth-order valence-electron chi connectivity index (χ4n) is 5.32. The first kappa shape index (κ1) is 11.3. The number of fused-ring (bicyclic) bond motifs is 4. The fourth-order valence-corrected chi connectivity index (χ4v) is 5.32. The molecule has 3 saturated heterocycles. The van der Waals surface area contributed by atoms with Crippen molar-refractivity contribution in [3.63, 3.8) is 0 Å². The lowest BCUT2D eigenvalue weighted by Gasteiger charge is -2.56. The van der Waals surface area contributed by atoms with Gasteiger partial charge in [-0.3, -0.25) is 0 Å². The molecule has 3 aliphatic heterocycles. The van der Waals surface area contributed by atoms with Gasteiger partial charge in [0.2, 0.25) is 0 Å². The molecule has 104 valence electrons. The number of hydrogen-bond donors (Lipinski definition) is 1. The van der Waals surface area contributed by atoms with Gasteiger partial charge in [-0.25, -0.2) is 0 Å². The lowest BCUT2D eigenvalue weighted by Crippen LogP contribution is -2.66. The Hall–Kier alpha value is -0.420. The third-order valence-electron chi connectivity index (χ3n) is 6.92. The normalized spacial score (nSPS) is 68.4. The third kappa shape index (κ3) is 0.907. The molecule has 4 fully saturated rings. The van der Waals surface area contributed by atoms with E-state index in [2.05, 4.69) is 26.8 Å². The van der Waals surface area contributed by atoms with Crippen LogP contribution in [0.25, 0.3) is 0 Å². The number of aliphatic hydroxyl groups is 1. The highest BCUT2D eigenvalue weighted by Gasteiger charge is 2.84. The van der Waals surface area contributed by atoms with Gasteiger partial charge in [0.1, 0.15) is 11.7 Å². The number of hydrogen-bond acceptors (Lipinski definition) is 4. The molecule has 8 atom stereocenters. The van der Waals surface area contributed by atoms with Gasteiger partial charge < -0.3 is 19.3 Å². The fraction of sp³-hybridized carbons (Fsp3) is 0.867. The van der Waals surface area contributed by atoms with E-state index in [0.717, 1.165) is 0 Å². The molecular weight excluding hydrogens is 244 g/mol. The highest BCUT2D eigenvalue weighted by molar-refractivity contribution is 5.38. The maximum absolute atomic E-state index is 10.7. The molecule has 1 spiro atoms. The van der Waals surface area contributed by atoms with Crippen molar-refractivity contribution in [1.82, 2.24) is 0 Å². The molecule has 2 bridgehead atoms. The zero-order valence-corrected chi connectivity index (χ0v) is 11.6. The minimum Gasteiger partial charge on any atom is -0.392 e. The largest absolute Gasteiger partial charge is 0.392 e. The van der Waals surface area contributed by atoms with Crippen LogP contribution in [0.1, 0.15) is 27.2 Å². The quantitative estimate of drug-likeness (QED) is 0.524. The molecule has 5 rings (SSSR count). The average molecular weight is 264 g/mol. The minimum atomic E-state index is -0.369. The average Bonchev–Trinajstić information content (AvgIpc) is 3.22. The van der Waals surface area contributed by atoms with Crippen LogP contribution in [0, 0.1) is 10.8 Å². The maximum atomic E-state index is 10.7. The number of aliphatic hydroxyl groups excluding tert-OH is 1. The van der Waals surface area contributed by atoms with Gasteiger partial charge >= 0.3 is 0 Å². The van der Waals surface area contributed by atoms with Crippen molar-refractivity contribution >= 4 is 0 Å². The van der Waals surface area contributed by atoms with Crippen molar-refractivity contribution in [2.75, 3.05) is 6.61 Å². The van der Waals surface area contributed by atoms with E-state index < -0.39 is 0 Å². The smallest absolute Gasteiger partial charge is 0.126 e. The van der Waals surface area contributed by atoms with E-state index in [0.29, 0.717) is 13.0 Å². The molecule has 1 N–H and O–H groups in total. The molecule has 1 saturated carbocycles. The summed E-state index contributed by atoms with van der Waals surface area (Å²) in [4.78, 5) is 0. The Labute approximate surface area is 112 Å². The molecule has 0 aromatic rings. The summed E-state index contributed by atoms with van der Waals surface area (Å²) in [5.41, 5.74) is 0.537. The van der Waals surface area contributed by atoms with Crippen LogP contribution in [0.15, 0.2) is 11.6 Å². The van der Waals surface area contributed by atoms with Crippen molar-refractivity contribution in [2.45, 2.75) is 63.3 Å². The molecule has 2 aliphatic carbocycles. The highest BCUT2D eigenvalue weighted by atomic mass is 16.6. The van der Waals surface area contributed by atoms with Crippen LogP contribution in [-0.4, -0.2) is 47.8 Å². The van der Waals surface area contributed by atoms with E-state index in [1.54, 1.807) is 0 Å². The molecule has 0 unspecified atom stereocenters. The molecular formula is C15H20O4. The second-order valence-corrected chi connectivity index (χ2v) is 7.35. The summed E-state index contributed by atoms with van der Waals surface area (Å²) < 4.78 is 18.1. The summed E-state index contributed by atoms with van der Waals surface area (Å²) in [6, 6.07) is 0. The van der Waals surface area contributed by atoms with Gasteiger partial charge in [-0.1, -0.05) is 19.9 Å². The van der Waals surface area contributed by atoms with Gasteiger partial charge in [-0.2, -0.15) is 0 Å². The number of rotatable bonds is 0. The predicted molar refractivity (Wildman–Crippen MR) is 66.6 cm³/mol. The Morgan fingerprint density at radius 3 is 2.74 bits per heavy atom. The first-order chi connectivity index (χ1) is 8.95. The number of epoxide rings is 2. The van der Waals surface area contributed by atoms with Crippen LogP contribution < -0.4 is 0 Å². The Morgan fingerprint density at radius 1 is 1.32 bits per heavy atom. The SMILES string of the molecule is CC1=C[C@H]2O[C@@H]3C[C@@H](O)[C@](C)([C@@]2(C)[C@@H]2O[C@H]12)[C@]31CO1. The van der Waals surface area contributed by atoms with Gasteiger partial charge in [0.15, 0.2) is 0 Å². The van der Waals surface area contributed by atoms with Crippen LogP contribution >= 0.6 is 0 Å². The van der Waals surface area contributed by atoms with Crippen molar-refractivity contribution in [2.24, 2.45) is 10.8 Å². The summed E-state index contributed by atoms with van der Waals surface area (Å²) in [6.45, 7) is 7.24. The molecule has 4 nitrogen and oxygen atoms in total. The van der Waals surface area contributed by atoms with Crippen LogP contribution in [-0.2, 0) is 14.2 Å². The molecule has 0 radical (unpaired) electrons. The Kier molecular flexibility index (Phi) is 1.66. The van der Waals surface area contributed by atoms with E-state index in [4.69, 9.17) is 14.2 Å². The first-order valence-electron chi connectivity index (χ1n) is 7.26. The molecule has 0 aromatic carbocycles. The summed E-state index contributed by atoms with van der Waals surface area (Å²) in [5.74, 6) is 0. The van der Waals surface area contributed by atoms with E-state index in [-0.39, 0.29) is 47.0 Å². The maximum Gasteiger partial charge on any atom is 0.126 e. The van der Waals surface area contributed by atoms with E-state index in [1.807, 2.05) is 0 Å². The van der Waals surface area contributed by atoms with Gasteiger partial charge in [-0.05, 0) is 12.5 Å². The molecule has 0 aromatic heterocycles. The summed E-state index contributed by atoms with van der Waals surface area (Å²) in [5, 5.41) is 10.7. The van der Waals surface area contributed by atoms with Crippen molar-refractivity contribution in [1.29, 1.82) is 0 Å². The zero-order valence-electron chi connectivity index (χ0n) is 11.6. The lowest BCUT2D eigenvalue weighted by atomic mass is 9.52. The molecule has 0 amide bonds. The van der Waals surface area contributed by atoms with Crippen molar-refractivity contribution in [3.05, 3.63) is 11.6 Å². The Morgan fingerprint density at radius 2 is 2.05 bits per heavy atom. The molecule has 19 heavy (non-hydrogen) atoms. The summed E-state index contributed by atoms with van der Waals surface area (Å²) in [7, 11) is 0. The van der Waals surface area contributed by atoms with Crippen LogP contribution in [0.2, 0.25) is 0 Å². The van der Waals surface area contributed by atoms with E-state index in [9.17, 15) is 5.11 Å². The van der Waals surface area contributed by atoms with Crippen LogP contribution in [0.4, 0.5) is 0 Å². The Balaban J connectivity index is 1.73. The van der Waals surface area contributed by atoms with Gasteiger partial charge in [0.05, 0.1) is 31.0 Å². The molecule has 5 aliphatic rings. The van der Waals surface area contributed by atoms with Gasteiger partial charge in [0.25, 0.3) is 0 Å². The highest BCUT2D eigenvalue weighted by Crippen LogP contribution is 2.73. The van der Waals surface area contributed by atoms with Gasteiger partial charge in [-0.15, -0.1) is 0 Å². The van der Waals surface area contributed by atoms with E-state index in [1.165, 1.54) is 5.57 Å². The van der Waals surface area contributed by atoms with Crippen LogP contribution in [0.3, 0.4) is 0 Å². The second-order valence-electron chi connectivity index (χ2n) is 7.35. The zero-order chi connectivity index (χ0) is 13.2. The van der Waals surface area contributed by atoms with Gasteiger partial charge in [0, 0.05) is 17.3 Å². The van der Waals surface area contributed by atoms with Crippen molar-refractivity contribution in [3.8, 4) is 0 Å². The minimum absolute atomic E-state index is 0.0323. The first-order valence-corrected chi connectivity index (χ1v) is 7.26. The predicted octanol–water partition coefficient (Wildman–Crippen LogP) is 1.03. The van der Waals surface area contributed by atoms with Crippen molar-refractivity contribution < 1.29 is 19.3 Å². The Bertz CT molecular complexity index is 510. The number of ether oxygens (including phenoxy) is 3. The third-order valence-corrected chi connectivity index (χ3v) is 6.92. The topological polar surface area (TPSA) is 54.5 Å². The molecule has 4 heteroatoms.